The fourth-order valence-electron chi connectivity index (χ4n) is 4.14. The molecule has 1 N–H and O–H groups in total. The Morgan fingerprint density at radius 1 is 0.968 bits per heavy atom. The normalized spacial score (nSPS) is 17.2. The van der Waals surface area contributed by atoms with Crippen LogP contribution in [0.5, 0.6) is 5.75 Å². The van der Waals surface area contributed by atoms with Crippen LogP contribution in [0.1, 0.15) is 34.3 Å². The van der Waals surface area contributed by atoms with Crippen LogP contribution in [0.25, 0.3) is 0 Å². The summed E-state index contributed by atoms with van der Waals surface area (Å²) in [7, 11) is -3.65. The molecule has 1 amide bonds. The van der Waals surface area contributed by atoms with Crippen LogP contribution in [-0.2, 0) is 22.9 Å². The second-order valence-electron chi connectivity index (χ2n) is 7.79. The van der Waals surface area contributed by atoms with Crippen molar-refractivity contribution in [3.63, 3.8) is 0 Å². The zero-order valence-electron chi connectivity index (χ0n) is 16.9. The number of aromatic hydroxyl groups is 1. The van der Waals surface area contributed by atoms with E-state index in [2.05, 4.69) is 0 Å². The number of carbonyl (C=O) groups excluding carboxylic acids is 1. The fourth-order valence-corrected chi connectivity index (χ4v) is 5.62. The minimum absolute atomic E-state index is 0.120. The Bertz CT molecular complexity index is 1140. The van der Waals surface area contributed by atoms with Gasteiger partial charge in [0.1, 0.15) is 0 Å². The summed E-state index contributed by atoms with van der Waals surface area (Å²) in [5.74, 6) is -0.986. The molecule has 1 saturated heterocycles. The van der Waals surface area contributed by atoms with Crippen molar-refractivity contribution in [2.24, 2.45) is 0 Å². The lowest BCUT2D eigenvalue weighted by Gasteiger charge is -2.34. The van der Waals surface area contributed by atoms with E-state index < -0.39 is 32.3 Å². The van der Waals surface area contributed by atoms with Crippen LogP contribution in [-0.4, -0.2) is 59.7 Å². The molecule has 9 nitrogen and oxygen atoms in total. The van der Waals surface area contributed by atoms with Crippen LogP contribution in [0, 0.1) is 10.1 Å². The maximum Gasteiger partial charge on any atom is 0.310 e. The number of rotatable bonds is 4. The molecule has 1 heterocycles. The summed E-state index contributed by atoms with van der Waals surface area (Å²) in [6.07, 6.45) is 4.06. The van der Waals surface area contributed by atoms with Crippen LogP contribution in [0.15, 0.2) is 41.3 Å². The summed E-state index contributed by atoms with van der Waals surface area (Å²) >= 11 is 0. The molecule has 2 aliphatic rings. The van der Waals surface area contributed by atoms with Crippen LogP contribution < -0.4 is 0 Å². The van der Waals surface area contributed by atoms with Gasteiger partial charge in [-0.15, -0.1) is 0 Å². The van der Waals surface area contributed by atoms with Gasteiger partial charge in [-0.3, -0.25) is 14.9 Å². The molecule has 2 aromatic rings. The smallest absolute Gasteiger partial charge is 0.310 e. The van der Waals surface area contributed by atoms with E-state index in [0.29, 0.717) is 0 Å². The van der Waals surface area contributed by atoms with Crippen molar-refractivity contribution in [2.75, 3.05) is 26.2 Å². The van der Waals surface area contributed by atoms with Gasteiger partial charge in [0.05, 0.1) is 9.82 Å². The number of phenolic OH excluding ortho intramolecular Hbond substituents is 1. The molecule has 10 heteroatoms. The molecule has 1 aliphatic carbocycles. The summed E-state index contributed by atoms with van der Waals surface area (Å²) in [4.78, 5) is 24.6. The van der Waals surface area contributed by atoms with Gasteiger partial charge in [-0.1, -0.05) is 6.07 Å². The van der Waals surface area contributed by atoms with Crippen LogP contribution in [0.3, 0.4) is 0 Å². The van der Waals surface area contributed by atoms with E-state index in [1.165, 1.54) is 20.8 Å². The molecule has 0 radical (unpaired) electrons. The van der Waals surface area contributed by atoms with E-state index in [4.69, 9.17) is 0 Å². The van der Waals surface area contributed by atoms with Crippen LogP contribution in [0.4, 0.5) is 5.69 Å². The lowest BCUT2D eigenvalue weighted by atomic mass is 9.92. The minimum atomic E-state index is -3.65. The highest BCUT2D eigenvalue weighted by atomic mass is 32.2. The first-order valence-corrected chi connectivity index (χ1v) is 11.6. The third kappa shape index (κ3) is 4.13. The largest absolute Gasteiger partial charge is 0.502 e. The highest BCUT2D eigenvalue weighted by Gasteiger charge is 2.31. The molecule has 0 bridgehead atoms. The zero-order chi connectivity index (χ0) is 22.2. The first-order chi connectivity index (χ1) is 14.8. The number of amides is 1. The maximum absolute atomic E-state index is 13.1. The van der Waals surface area contributed by atoms with Gasteiger partial charge >= 0.3 is 5.69 Å². The van der Waals surface area contributed by atoms with E-state index in [0.717, 1.165) is 43.4 Å². The van der Waals surface area contributed by atoms with Crippen molar-refractivity contribution >= 4 is 21.6 Å². The van der Waals surface area contributed by atoms with Gasteiger partial charge in [0.25, 0.3) is 5.91 Å². The number of nitro benzene ring substituents is 1. The minimum Gasteiger partial charge on any atom is -0.502 e. The highest BCUT2D eigenvalue weighted by Crippen LogP contribution is 2.28. The second kappa shape index (κ2) is 8.27. The Balaban J connectivity index is 1.45. The summed E-state index contributed by atoms with van der Waals surface area (Å²) in [5, 5.41) is 20.6. The lowest BCUT2D eigenvalue weighted by molar-refractivity contribution is -0.385. The molecule has 0 unspecified atom stereocenters. The van der Waals surface area contributed by atoms with E-state index in [1.807, 2.05) is 6.07 Å². The number of carbonyl (C=O) groups is 1. The second-order valence-corrected chi connectivity index (χ2v) is 9.73. The molecular weight excluding hydrogens is 422 g/mol. The number of nitrogens with zero attached hydrogens (tertiary/aromatic N) is 3. The number of hydrogen-bond acceptors (Lipinski definition) is 6. The standard InChI is InChI=1S/C21H23N3O6S/c25-20-14-17(6-8-19(20)24(27)28)21(26)22-9-11-23(12-10-22)31(29,30)18-7-5-15-3-1-2-4-16(15)13-18/h5-8,13-14,25H,1-4,9-12H2. The highest BCUT2D eigenvalue weighted by molar-refractivity contribution is 7.89. The van der Waals surface area contributed by atoms with E-state index >= 15 is 0 Å². The third-order valence-corrected chi connectivity index (χ3v) is 7.80. The Kier molecular flexibility index (Phi) is 5.67. The zero-order valence-corrected chi connectivity index (χ0v) is 17.7. The van der Waals surface area contributed by atoms with Crippen molar-refractivity contribution in [1.82, 2.24) is 9.21 Å². The predicted octanol–water partition coefficient (Wildman–Crippen LogP) is 2.33. The molecule has 4 rings (SSSR count). The average molecular weight is 445 g/mol. The SMILES string of the molecule is O=C(c1ccc([N+](=O)[O-])c(O)c1)N1CCN(S(=O)(=O)c2ccc3c(c2)CCCC3)CC1. The molecule has 31 heavy (non-hydrogen) atoms. The summed E-state index contributed by atoms with van der Waals surface area (Å²) in [6.45, 7) is 0.704. The quantitative estimate of drug-likeness (QED) is 0.569. The summed E-state index contributed by atoms with van der Waals surface area (Å²) in [6, 6.07) is 8.78. The molecule has 2 aromatic carbocycles. The van der Waals surface area contributed by atoms with Gasteiger partial charge in [0, 0.05) is 37.8 Å². The van der Waals surface area contributed by atoms with Gasteiger partial charge in [-0.25, -0.2) is 8.42 Å². The summed E-state index contributed by atoms with van der Waals surface area (Å²) < 4.78 is 27.6. The Hall–Kier alpha value is -2.98. The molecule has 0 spiro atoms. The third-order valence-electron chi connectivity index (χ3n) is 5.90. The van der Waals surface area contributed by atoms with Crippen LogP contribution in [0.2, 0.25) is 0 Å². The van der Waals surface area contributed by atoms with Crippen molar-refractivity contribution in [1.29, 1.82) is 0 Å². The number of hydrogen-bond donors (Lipinski definition) is 1. The number of nitro groups is 1. The Labute approximate surface area is 180 Å². The van der Waals surface area contributed by atoms with Gasteiger partial charge < -0.3 is 10.0 Å². The molecule has 0 saturated carbocycles. The summed E-state index contributed by atoms with van der Waals surface area (Å²) in [5.41, 5.74) is 1.96. The van der Waals surface area contributed by atoms with Crippen LogP contribution >= 0.6 is 0 Å². The van der Waals surface area contributed by atoms with E-state index in [1.54, 1.807) is 12.1 Å². The van der Waals surface area contributed by atoms with E-state index in [-0.39, 0.29) is 36.6 Å². The van der Waals surface area contributed by atoms with E-state index in [9.17, 15) is 28.4 Å². The van der Waals surface area contributed by atoms with Gasteiger partial charge in [0.15, 0.2) is 5.75 Å². The van der Waals surface area contributed by atoms with Crippen molar-refractivity contribution in [2.45, 2.75) is 30.6 Å². The van der Waals surface area contributed by atoms with Gasteiger partial charge in [-0.05, 0) is 61.1 Å². The number of fused-ring (bicyclic) bond motifs is 1. The van der Waals surface area contributed by atoms with Crippen molar-refractivity contribution in [3.8, 4) is 5.75 Å². The fraction of sp³-hybridized carbons (Fsp3) is 0.381. The Morgan fingerprint density at radius 2 is 1.65 bits per heavy atom. The molecule has 1 aliphatic heterocycles. The lowest BCUT2D eigenvalue weighted by Crippen LogP contribution is -2.50. The van der Waals surface area contributed by atoms with Crippen molar-refractivity contribution < 1.29 is 23.2 Å². The number of phenols is 1. The topological polar surface area (TPSA) is 121 Å². The number of sulfonamides is 1. The van der Waals surface area contributed by atoms with Gasteiger partial charge in [-0.2, -0.15) is 4.31 Å². The monoisotopic (exact) mass is 445 g/mol. The number of benzene rings is 2. The molecular formula is C21H23N3O6S. The number of piperazine rings is 1. The van der Waals surface area contributed by atoms with Crippen molar-refractivity contribution in [3.05, 3.63) is 63.2 Å². The molecule has 0 atom stereocenters. The average Bonchev–Trinajstić information content (AvgIpc) is 2.78. The Morgan fingerprint density at radius 3 is 2.29 bits per heavy atom. The first kappa shape index (κ1) is 21.3. The molecule has 0 aromatic heterocycles. The molecule has 164 valence electrons. The number of aryl methyl sites for hydroxylation is 2. The first-order valence-electron chi connectivity index (χ1n) is 10.2. The maximum atomic E-state index is 13.1. The predicted molar refractivity (Wildman–Crippen MR) is 113 cm³/mol. The van der Waals surface area contributed by atoms with Gasteiger partial charge in [0.2, 0.25) is 10.0 Å². The molecule has 1 fully saturated rings.